The van der Waals surface area contributed by atoms with Gasteiger partial charge in [-0.3, -0.25) is 0 Å². The summed E-state index contributed by atoms with van der Waals surface area (Å²) < 4.78 is 0. The van der Waals surface area contributed by atoms with Gasteiger partial charge in [-0.05, 0) is 24.3 Å². The van der Waals surface area contributed by atoms with E-state index in [0.29, 0.717) is 0 Å². The van der Waals surface area contributed by atoms with Crippen LogP contribution in [0.15, 0.2) is 23.1 Å². The van der Waals surface area contributed by atoms with Crippen molar-refractivity contribution in [3.63, 3.8) is 0 Å². The van der Waals surface area contributed by atoms with Crippen LogP contribution in [0.3, 0.4) is 0 Å². The van der Waals surface area contributed by atoms with Crippen LogP contribution < -0.4 is 5.73 Å². The second-order valence-corrected chi connectivity index (χ2v) is 4.63. The molecule has 0 spiro atoms. The average molecular weight is 234 g/mol. The van der Waals surface area contributed by atoms with Gasteiger partial charge in [-0.1, -0.05) is 19.4 Å². The van der Waals surface area contributed by atoms with Gasteiger partial charge in [-0.25, -0.2) is 4.98 Å². The number of thioether (sulfide) groups is 1. The third-order valence-corrected chi connectivity index (χ3v) is 3.35. The first kappa shape index (κ1) is 11.1. The fourth-order valence-corrected chi connectivity index (χ4v) is 2.50. The van der Waals surface area contributed by atoms with Crippen molar-refractivity contribution < 1.29 is 0 Å². The van der Waals surface area contributed by atoms with Crippen molar-refractivity contribution in [2.24, 2.45) is 0 Å². The summed E-state index contributed by atoms with van der Waals surface area (Å²) in [7, 11) is 0. The molecule has 0 saturated carbocycles. The number of hydrogen-bond acceptors (Lipinski definition) is 5. The summed E-state index contributed by atoms with van der Waals surface area (Å²) in [6.07, 6.45) is 2.41. The Kier molecular flexibility index (Phi) is 3.56. The predicted molar refractivity (Wildman–Crippen MR) is 67.4 cm³/mol. The molecular formula is C11H14N4S. The summed E-state index contributed by atoms with van der Waals surface area (Å²) in [5.41, 5.74) is 7.16. The van der Waals surface area contributed by atoms with Crippen LogP contribution in [0, 0.1) is 0 Å². The van der Waals surface area contributed by atoms with Crippen LogP contribution in [-0.2, 0) is 0 Å². The molecule has 0 fully saturated rings. The number of benzene rings is 1. The topological polar surface area (TPSA) is 64.7 Å². The number of nitrogen functional groups attached to an aromatic ring is 1. The Morgan fingerprint density at radius 3 is 3.00 bits per heavy atom. The summed E-state index contributed by atoms with van der Waals surface area (Å²) in [4.78, 5) is 5.29. The van der Waals surface area contributed by atoms with Gasteiger partial charge in [0.05, 0.1) is 5.52 Å². The molecule has 0 unspecified atom stereocenters. The first-order chi connectivity index (χ1) is 7.81. The number of nitrogens with two attached hydrogens (primary N) is 1. The monoisotopic (exact) mass is 234 g/mol. The minimum absolute atomic E-state index is 0.225. The Labute approximate surface area is 98.7 Å². The maximum atomic E-state index is 5.50. The minimum atomic E-state index is 0.225. The number of fused-ring (bicyclic) bond motifs is 1. The van der Waals surface area contributed by atoms with Crippen molar-refractivity contribution in [3.8, 4) is 0 Å². The standard InChI is InChI=1S/C11H14N4S/c1-2-3-7-16-9-6-4-5-8-10(9)14-15-11(12)13-8/h4-6H,2-3,7H2,1H3,(H2,12,13,15). The number of hydrogen-bond donors (Lipinski definition) is 1. The second-order valence-electron chi connectivity index (χ2n) is 3.50. The number of rotatable bonds is 4. The van der Waals surface area contributed by atoms with E-state index < -0.39 is 0 Å². The Morgan fingerprint density at radius 1 is 1.31 bits per heavy atom. The third-order valence-electron chi connectivity index (χ3n) is 2.22. The summed E-state index contributed by atoms with van der Waals surface area (Å²) in [5, 5.41) is 7.90. The molecule has 2 N–H and O–H groups in total. The van der Waals surface area contributed by atoms with Gasteiger partial charge in [-0.2, -0.15) is 0 Å². The van der Waals surface area contributed by atoms with Crippen molar-refractivity contribution in [2.75, 3.05) is 11.5 Å². The predicted octanol–water partition coefficient (Wildman–Crippen LogP) is 2.50. The lowest BCUT2D eigenvalue weighted by Crippen LogP contribution is -1.98. The average Bonchev–Trinajstić information content (AvgIpc) is 2.29. The van der Waals surface area contributed by atoms with Gasteiger partial charge < -0.3 is 5.73 Å². The molecule has 0 radical (unpaired) electrons. The van der Waals surface area contributed by atoms with Gasteiger partial charge >= 0.3 is 0 Å². The molecule has 2 rings (SSSR count). The largest absolute Gasteiger partial charge is 0.366 e. The Morgan fingerprint density at radius 2 is 2.19 bits per heavy atom. The fourth-order valence-electron chi connectivity index (χ4n) is 1.39. The summed E-state index contributed by atoms with van der Waals surface area (Å²) in [5.74, 6) is 1.32. The lowest BCUT2D eigenvalue weighted by atomic mass is 10.3. The van der Waals surface area contributed by atoms with E-state index in [1.54, 1.807) is 11.8 Å². The molecule has 0 amide bonds. The highest BCUT2D eigenvalue weighted by atomic mass is 32.2. The van der Waals surface area contributed by atoms with Crippen LogP contribution in [0.5, 0.6) is 0 Å². The van der Waals surface area contributed by atoms with E-state index in [1.807, 2.05) is 12.1 Å². The third kappa shape index (κ3) is 2.41. The SMILES string of the molecule is CCCCSc1cccc2nc(N)nnc12. The molecule has 0 bridgehead atoms. The van der Waals surface area contributed by atoms with Crippen LogP contribution in [0.4, 0.5) is 5.95 Å². The molecule has 4 nitrogen and oxygen atoms in total. The van der Waals surface area contributed by atoms with Gasteiger partial charge in [0.25, 0.3) is 0 Å². The molecule has 0 saturated heterocycles. The zero-order valence-electron chi connectivity index (χ0n) is 9.18. The van der Waals surface area contributed by atoms with Crippen molar-refractivity contribution in [1.29, 1.82) is 0 Å². The first-order valence-corrected chi connectivity index (χ1v) is 6.31. The second kappa shape index (κ2) is 5.12. The highest BCUT2D eigenvalue weighted by Crippen LogP contribution is 2.25. The zero-order valence-corrected chi connectivity index (χ0v) is 10.00. The number of aromatic nitrogens is 3. The van der Waals surface area contributed by atoms with Gasteiger partial charge in [-0.15, -0.1) is 22.0 Å². The van der Waals surface area contributed by atoms with Gasteiger partial charge in [0.15, 0.2) is 0 Å². The van der Waals surface area contributed by atoms with E-state index >= 15 is 0 Å². The summed E-state index contributed by atoms with van der Waals surface area (Å²) in [6, 6.07) is 5.93. The van der Waals surface area contributed by atoms with Gasteiger partial charge in [0.1, 0.15) is 5.52 Å². The number of unbranched alkanes of at least 4 members (excludes halogenated alkanes) is 1. The first-order valence-electron chi connectivity index (χ1n) is 5.33. The van der Waals surface area contributed by atoms with Crippen LogP contribution in [0.25, 0.3) is 11.0 Å². The Hall–Kier alpha value is -1.36. The molecule has 5 heteroatoms. The Balaban J connectivity index is 2.30. The maximum absolute atomic E-state index is 5.50. The van der Waals surface area contributed by atoms with Crippen molar-refractivity contribution in [2.45, 2.75) is 24.7 Å². The molecule has 2 aromatic rings. The van der Waals surface area contributed by atoms with Crippen molar-refractivity contribution >= 4 is 28.7 Å². The van der Waals surface area contributed by atoms with E-state index in [4.69, 9.17) is 5.73 Å². The van der Waals surface area contributed by atoms with Crippen molar-refractivity contribution in [1.82, 2.24) is 15.2 Å². The summed E-state index contributed by atoms with van der Waals surface area (Å²) >= 11 is 1.80. The van der Waals surface area contributed by atoms with Crippen LogP contribution in [-0.4, -0.2) is 20.9 Å². The molecule has 0 atom stereocenters. The molecule has 1 aromatic carbocycles. The summed E-state index contributed by atoms with van der Waals surface area (Å²) in [6.45, 7) is 2.19. The molecule has 16 heavy (non-hydrogen) atoms. The highest BCUT2D eigenvalue weighted by Gasteiger charge is 2.04. The normalized spacial score (nSPS) is 10.8. The molecule has 84 valence electrons. The van der Waals surface area contributed by atoms with Crippen LogP contribution >= 0.6 is 11.8 Å². The Bertz CT molecular complexity index is 486. The smallest absolute Gasteiger partial charge is 0.240 e. The van der Waals surface area contributed by atoms with E-state index in [2.05, 4.69) is 28.2 Å². The quantitative estimate of drug-likeness (QED) is 0.650. The van der Waals surface area contributed by atoms with E-state index in [9.17, 15) is 0 Å². The zero-order chi connectivity index (χ0) is 11.4. The lowest BCUT2D eigenvalue weighted by Gasteiger charge is -2.03. The molecule has 0 aliphatic carbocycles. The number of anilines is 1. The van der Waals surface area contributed by atoms with E-state index in [-0.39, 0.29) is 5.95 Å². The van der Waals surface area contributed by atoms with E-state index in [1.165, 1.54) is 12.8 Å². The minimum Gasteiger partial charge on any atom is -0.366 e. The van der Waals surface area contributed by atoms with Crippen LogP contribution in [0.2, 0.25) is 0 Å². The molecule has 0 aliphatic rings. The number of nitrogens with zero attached hydrogens (tertiary/aromatic N) is 3. The molecule has 1 heterocycles. The van der Waals surface area contributed by atoms with E-state index in [0.717, 1.165) is 21.7 Å². The molecule has 1 aromatic heterocycles. The van der Waals surface area contributed by atoms with Crippen molar-refractivity contribution in [3.05, 3.63) is 18.2 Å². The van der Waals surface area contributed by atoms with Gasteiger partial charge in [0, 0.05) is 4.90 Å². The van der Waals surface area contributed by atoms with Gasteiger partial charge in [0.2, 0.25) is 5.95 Å². The lowest BCUT2D eigenvalue weighted by molar-refractivity contribution is 0.896. The highest BCUT2D eigenvalue weighted by molar-refractivity contribution is 7.99. The fraction of sp³-hybridized carbons (Fsp3) is 0.364. The molecule has 0 aliphatic heterocycles. The molecular weight excluding hydrogens is 220 g/mol. The maximum Gasteiger partial charge on any atom is 0.240 e. The van der Waals surface area contributed by atoms with Crippen LogP contribution in [0.1, 0.15) is 19.8 Å².